The summed E-state index contributed by atoms with van der Waals surface area (Å²) in [6.45, 7) is 0. The number of rotatable bonds is 2. The van der Waals surface area contributed by atoms with Gasteiger partial charge in [-0.2, -0.15) is 0 Å². The molecule has 2 N–H and O–H groups in total. The first kappa shape index (κ1) is 11.6. The fraction of sp³-hybridized carbons (Fsp3) is 0. The van der Waals surface area contributed by atoms with Crippen LogP contribution in [-0.4, -0.2) is 16.1 Å². The molecule has 2 aromatic rings. The third-order valence-corrected chi connectivity index (χ3v) is 2.73. The van der Waals surface area contributed by atoms with Crippen molar-refractivity contribution >= 4 is 38.9 Å². The minimum atomic E-state index is -1.08. The molecule has 0 atom stereocenters. The molecule has 1 heterocycles. The lowest BCUT2D eigenvalue weighted by Crippen LogP contribution is -2.08. The van der Waals surface area contributed by atoms with Crippen LogP contribution in [-0.2, 0) is 4.79 Å². The molecule has 0 radical (unpaired) electrons. The number of nitrogens with one attached hydrogen (secondary N) is 1. The predicted molar refractivity (Wildman–Crippen MR) is 68.9 cm³/mol. The summed E-state index contributed by atoms with van der Waals surface area (Å²) in [4.78, 5) is 24.7. The minimum Gasteiger partial charge on any atom is -0.478 e. The van der Waals surface area contributed by atoms with Crippen LogP contribution in [0.25, 0.3) is 17.0 Å². The number of aliphatic carboxylic acids is 1. The van der Waals surface area contributed by atoms with Crippen molar-refractivity contribution < 1.29 is 9.90 Å². The van der Waals surface area contributed by atoms with Crippen LogP contribution in [0, 0.1) is 0 Å². The molecule has 0 amide bonds. The van der Waals surface area contributed by atoms with Gasteiger partial charge in [0.25, 0.3) is 5.56 Å². The average Bonchev–Trinajstić information content (AvgIpc) is 2.26. The number of carbonyl (C=O) groups is 1. The number of halogens is 1. The van der Waals surface area contributed by atoms with Crippen molar-refractivity contribution in [2.24, 2.45) is 0 Å². The highest BCUT2D eigenvalue weighted by Gasteiger charge is 2.01. The number of pyridine rings is 1. The number of aromatic nitrogens is 1. The molecular weight excluding hydrogens is 286 g/mol. The molecule has 1 aromatic heterocycles. The van der Waals surface area contributed by atoms with Gasteiger partial charge in [0, 0.05) is 21.6 Å². The summed E-state index contributed by atoms with van der Waals surface area (Å²) >= 11 is 3.33. The second kappa shape index (κ2) is 4.55. The van der Waals surface area contributed by atoms with E-state index in [2.05, 4.69) is 20.9 Å². The standard InChI is InChI=1S/C12H8BrNO3/c13-9-2-3-10-8(6-9)5-7(12(17)14-10)1-4-11(15)16/h1-6H,(H,14,17)(H,15,16). The van der Waals surface area contributed by atoms with Crippen LogP contribution >= 0.6 is 15.9 Å². The number of hydrogen-bond acceptors (Lipinski definition) is 2. The Hall–Kier alpha value is -1.88. The molecule has 86 valence electrons. The van der Waals surface area contributed by atoms with Crippen LogP contribution in [0.5, 0.6) is 0 Å². The molecule has 0 aliphatic heterocycles. The molecular formula is C12H8BrNO3. The quantitative estimate of drug-likeness (QED) is 0.835. The molecule has 2 rings (SSSR count). The lowest BCUT2D eigenvalue weighted by Gasteiger charge is -2.00. The number of aromatic amines is 1. The average molecular weight is 294 g/mol. The van der Waals surface area contributed by atoms with Crippen LogP contribution in [0.4, 0.5) is 0 Å². The number of hydrogen-bond donors (Lipinski definition) is 2. The Labute approximate surface area is 105 Å². The van der Waals surface area contributed by atoms with E-state index in [0.29, 0.717) is 11.1 Å². The van der Waals surface area contributed by atoms with Gasteiger partial charge in [-0.15, -0.1) is 0 Å². The Morgan fingerprint density at radius 2 is 2.12 bits per heavy atom. The van der Waals surface area contributed by atoms with Gasteiger partial charge in [-0.3, -0.25) is 4.79 Å². The van der Waals surface area contributed by atoms with E-state index in [9.17, 15) is 9.59 Å². The molecule has 0 aliphatic carbocycles. The third-order valence-electron chi connectivity index (χ3n) is 2.24. The predicted octanol–water partition coefficient (Wildman–Crippen LogP) is 2.39. The molecule has 0 saturated heterocycles. The zero-order chi connectivity index (χ0) is 12.4. The highest BCUT2D eigenvalue weighted by atomic mass is 79.9. The van der Waals surface area contributed by atoms with Crippen LogP contribution < -0.4 is 5.56 Å². The van der Waals surface area contributed by atoms with Crippen molar-refractivity contribution in [1.29, 1.82) is 0 Å². The topological polar surface area (TPSA) is 70.2 Å². The monoisotopic (exact) mass is 293 g/mol. The van der Waals surface area contributed by atoms with E-state index in [0.717, 1.165) is 15.9 Å². The summed E-state index contributed by atoms with van der Waals surface area (Å²) in [6.07, 6.45) is 2.22. The van der Waals surface area contributed by atoms with Crippen molar-refractivity contribution in [3.8, 4) is 0 Å². The summed E-state index contributed by atoms with van der Waals surface area (Å²) in [7, 11) is 0. The van der Waals surface area contributed by atoms with E-state index in [1.165, 1.54) is 6.08 Å². The maximum absolute atomic E-state index is 11.6. The fourth-order valence-electron chi connectivity index (χ4n) is 1.48. The van der Waals surface area contributed by atoms with Gasteiger partial charge in [0.2, 0.25) is 0 Å². The summed E-state index contributed by atoms with van der Waals surface area (Å²) < 4.78 is 0.894. The highest BCUT2D eigenvalue weighted by molar-refractivity contribution is 9.10. The Bertz CT molecular complexity index is 673. The molecule has 0 unspecified atom stereocenters. The molecule has 4 nitrogen and oxygen atoms in total. The Morgan fingerprint density at radius 1 is 1.35 bits per heavy atom. The van der Waals surface area contributed by atoms with Gasteiger partial charge in [-0.05, 0) is 35.7 Å². The van der Waals surface area contributed by atoms with Crippen LogP contribution in [0.3, 0.4) is 0 Å². The van der Waals surface area contributed by atoms with E-state index < -0.39 is 5.97 Å². The molecule has 17 heavy (non-hydrogen) atoms. The number of carboxylic acid groups (broad SMARTS) is 1. The van der Waals surface area contributed by atoms with Gasteiger partial charge in [0.15, 0.2) is 0 Å². The third kappa shape index (κ3) is 2.62. The van der Waals surface area contributed by atoms with Gasteiger partial charge in [0.05, 0.1) is 0 Å². The van der Waals surface area contributed by atoms with Gasteiger partial charge < -0.3 is 10.1 Å². The molecule has 0 bridgehead atoms. The smallest absolute Gasteiger partial charge is 0.328 e. The van der Waals surface area contributed by atoms with E-state index in [-0.39, 0.29) is 5.56 Å². The lowest BCUT2D eigenvalue weighted by molar-refractivity contribution is -0.131. The first-order valence-electron chi connectivity index (χ1n) is 4.80. The maximum Gasteiger partial charge on any atom is 0.328 e. The van der Waals surface area contributed by atoms with Crippen LogP contribution in [0.1, 0.15) is 5.56 Å². The number of fused-ring (bicyclic) bond motifs is 1. The lowest BCUT2D eigenvalue weighted by atomic mass is 10.1. The first-order chi connectivity index (χ1) is 8.06. The van der Waals surface area contributed by atoms with Crippen molar-refractivity contribution in [3.05, 3.63) is 50.7 Å². The van der Waals surface area contributed by atoms with Gasteiger partial charge in [0.1, 0.15) is 0 Å². The number of carboxylic acids is 1. The van der Waals surface area contributed by atoms with E-state index in [4.69, 9.17) is 5.11 Å². The van der Waals surface area contributed by atoms with E-state index >= 15 is 0 Å². The molecule has 0 spiro atoms. The summed E-state index contributed by atoms with van der Waals surface area (Å²) in [6, 6.07) is 7.11. The molecule has 0 saturated carbocycles. The number of H-pyrrole nitrogens is 1. The Morgan fingerprint density at radius 3 is 2.82 bits per heavy atom. The summed E-state index contributed by atoms with van der Waals surface area (Å²) in [5, 5.41) is 9.35. The maximum atomic E-state index is 11.6. The largest absolute Gasteiger partial charge is 0.478 e. The summed E-state index contributed by atoms with van der Waals surface area (Å²) in [5.41, 5.74) is 0.723. The Balaban J connectivity index is 2.61. The molecule has 1 aromatic carbocycles. The van der Waals surface area contributed by atoms with Crippen molar-refractivity contribution in [2.45, 2.75) is 0 Å². The molecule has 5 heteroatoms. The second-order valence-corrected chi connectivity index (χ2v) is 4.37. The molecule has 0 fully saturated rings. The zero-order valence-electron chi connectivity index (χ0n) is 8.61. The zero-order valence-corrected chi connectivity index (χ0v) is 10.2. The summed E-state index contributed by atoms with van der Waals surface area (Å²) in [5.74, 6) is -1.08. The van der Waals surface area contributed by atoms with Crippen molar-refractivity contribution in [1.82, 2.24) is 4.98 Å². The van der Waals surface area contributed by atoms with Gasteiger partial charge in [-0.1, -0.05) is 15.9 Å². The van der Waals surface area contributed by atoms with E-state index in [1.807, 2.05) is 12.1 Å². The van der Waals surface area contributed by atoms with Crippen LogP contribution in [0.15, 0.2) is 39.6 Å². The number of benzene rings is 1. The van der Waals surface area contributed by atoms with Crippen molar-refractivity contribution in [3.63, 3.8) is 0 Å². The van der Waals surface area contributed by atoms with Gasteiger partial charge >= 0.3 is 5.97 Å². The molecule has 0 aliphatic rings. The highest BCUT2D eigenvalue weighted by Crippen LogP contribution is 2.17. The second-order valence-electron chi connectivity index (χ2n) is 3.46. The SMILES string of the molecule is O=C(O)C=Cc1cc2cc(Br)ccc2[nH]c1=O. The van der Waals surface area contributed by atoms with Gasteiger partial charge in [-0.25, -0.2) is 4.79 Å². The first-order valence-corrected chi connectivity index (χ1v) is 5.59. The normalized spacial score (nSPS) is 11.1. The minimum absolute atomic E-state index is 0.308. The van der Waals surface area contributed by atoms with Crippen LogP contribution in [0.2, 0.25) is 0 Å². The van der Waals surface area contributed by atoms with E-state index in [1.54, 1.807) is 12.1 Å². The van der Waals surface area contributed by atoms with Crippen molar-refractivity contribution in [2.75, 3.05) is 0 Å². The fourth-order valence-corrected chi connectivity index (χ4v) is 1.86. The Kier molecular flexibility index (Phi) is 3.10.